The second-order valence-electron chi connectivity index (χ2n) is 6.53. The van der Waals surface area contributed by atoms with E-state index < -0.39 is 0 Å². The van der Waals surface area contributed by atoms with Crippen LogP contribution in [-0.4, -0.2) is 32.1 Å². The summed E-state index contributed by atoms with van der Waals surface area (Å²) in [5.41, 5.74) is 1.95. The molecule has 130 valence electrons. The number of hydrogen-bond acceptors (Lipinski definition) is 4. The summed E-state index contributed by atoms with van der Waals surface area (Å²) in [5.74, 6) is 2.04. The molecule has 0 fully saturated rings. The Bertz CT molecular complexity index is 684. The van der Waals surface area contributed by atoms with E-state index in [0.29, 0.717) is 12.8 Å². The summed E-state index contributed by atoms with van der Waals surface area (Å²) in [5, 5.41) is 3.98. The number of carbonyl (C=O) groups is 1. The first-order chi connectivity index (χ1) is 11.6. The molecule has 0 bridgehead atoms. The molecule has 2 aromatic heterocycles. The molecule has 0 saturated heterocycles. The monoisotopic (exact) mass is 330 g/mol. The van der Waals surface area contributed by atoms with Crippen LogP contribution in [-0.2, 0) is 17.8 Å². The molecule has 0 aromatic carbocycles. The fraction of sp³-hybridized carbons (Fsp3) is 0.611. The predicted molar refractivity (Wildman–Crippen MR) is 90.5 cm³/mol. The molecule has 6 heteroatoms. The van der Waals surface area contributed by atoms with Crippen LogP contribution in [0.3, 0.4) is 0 Å². The van der Waals surface area contributed by atoms with E-state index in [1.54, 1.807) is 0 Å². The van der Waals surface area contributed by atoms with Crippen molar-refractivity contribution < 1.29 is 9.32 Å². The van der Waals surface area contributed by atoms with Gasteiger partial charge in [0.1, 0.15) is 11.6 Å². The molecular formula is C18H26N4O2. The minimum Gasteiger partial charge on any atom is -0.361 e. The maximum absolute atomic E-state index is 12.9. The predicted octanol–water partition coefficient (Wildman–Crippen LogP) is 3.19. The van der Waals surface area contributed by atoms with E-state index in [0.717, 1.165) is 55.2 Å². The summed E-state index contributed by atoms with van der Waals surface area (Å²) in [6.45, 7) is 7.73. The van der Waals surface area contributed by atoms with E-state index in [1.165, 1.54) is 0 Å². The third kappa shape index (κ3) is 3.23. The molecule has 1 aliphatic rings. The van der Waals surface area contributed by atoms with Crippen molar-refractivity contribution in [3.63, 3.8) is 0 Å². The van der Waals surface area contributed by atoms with Crippen LogP contribution in [0.5, 0.6) is 0 Å². The SMILES string of the molecule is CCCC1c2nccn2CCCN1C(=O)CCc1c(C)noc1C. The number of hydrogen-bond donors (Lipinski definition) is 0. The third-order valence-corrected chi connectivity index (χ3v) is 4.87. The van der Waals surface area contributed by atoms with Crippen molar-refractivity contribution in [2.24, 2.45) is 0 Å². The van der Waals surface area contributed by atoms with Crippen molar-refractivity contribution in [3.05, 3.63) is 35.2 Å². The number of aryl methyl sites for hydroxylation is 3. The lowest BCUT2D eigenvalue weighted by Crippen LogP contribution is -2.35. The summed E-state index contributed by atoms with van der Waals surface area (Å²) in [6, 6.07) is 0.0877. The number of nitrogens with zero attached hydrogens (tertiary/aromatic N) is 4. The van der Waals surface area contributed by atoms with E-state index in [4.69, 9.17) is 4.52 Å². The molecule has 1 aliphatic heterocycles. The molecule has 0 N–H and O–H groups in total. The molecule has 6 nitrogen and oxygen atoms in total. The number of fused-ring (bicyclic) bond motifs is 1. The summed E-state index contributed by atoms with van der Waals surface area (Å²) in [4.78, 5) is 19.5. The minimum atomic E-state index is 0.0877. The Morgan fingerprint density at radius 1 is 1.38 bits per heavy atom. The van der Waals surface area contributed by atoms with Gasteiger partial charge in [-0.2, -0.15) is 0 Å². The average Bonchev–Trinajstić information content (AvgIpc) is 3.10. The lowest BCUT2D eigenvalue weighted by Gasteiger charge is -2.29. The van der Waals surface area contributed by atoms with Crippen molar-refractivity contribution in [1.29, 1.82) is 0 Å². The number of aromatic nitrogens is 3. The maximum Gasteiger partial charge on any atom is 0.223 e. The van der Waals surface area contributed by atoms with Gasteiger partial charge in [0.15, 0.2) is 0 Å². The fourth-order valence-corrected chi connectivity index (χ4v) is 3.61. The number of rotatable bonds is 5. The fourth-order valence-electron chi connectivity index (χ4n) is 3.61. The quantitative estimate of drug-likeness (QED) is 0.844. The molecule has 1 amide bonds. The Morgan fingerprint density at radius 2 is 2.21 bits per heavy atom. The largest absolute Gasteiger partial charge is 0.361 e. The van der Waals surface area contributed by atoms with Gasteiger partial charge in [-0.1, -0.05) is 18.5 Å². The second kappa shape index (κ2) is 7.20. The van der Waals surface area contributed by atoms with Gasteiger partial charge >= 0.3 is 0 Å². The first kappa shape index (κ1) is 16.7. The van der Waals surface area contributed by atoms with Gasteiger partial charge in [-0.05, 0) is 33.1 Å². The van der Waals surface area contributed by atoms with Crippen LogP contribution in [0.2, 0.25) is 0 Å². The van der Waals surface area contributed by atoms with Gasteiger partial charge in [0.25, 0.3) is 0 Å². The number of imidazole rings is 1. The molecule has 1 unspecified atom stereocenters. The van der Waals surface area contributed by atoms with Crippen LogP contribution in [0, 0.1) is 13.8 Å². The van der Waals surface area contributed by atoms with Crippen LogP contribution in [0.4, 0.5) is 0 Å². The van der Waals surface area contributed by atoms with Gasteiger partial charge in [0.05, 0.1) is 11.7 Å². The highest BCUT2D eigenvalue weighted by atomic mass is 16.5. The second-order valence-corrected chi connectivity index (χ2v) is 6.53. The highest BCUT2D eigenvalue weighted by Gasteiger charge is 2.29. The maximum atomic E-state index is 12.9. The summed E-state index contributed by atoms with van der Waals surface area (Å²) in [6.07, 6.45) is 8.00. The topological polar surface area (TPSA) is 64.2 Å². The van der Waals surface area contributed by atoms with Crippen molar-refractivity contribution >= 4 is 5.91 Å². The number of amides is 1. The first-order valence-corrected chi connectivity index (χ1v) is 8.84. The minimum absolute atomic E-state index is 0.0877. The molecule has 1 atom stereocenters. The summed E-state index contributed by atoms with van der Waals surface area (Å²) < 4.78 is 7.40. The van der Waals surface area contributed by atoms with Crippen LogP contribution in [0.1, 0.15) is 61.5 Å². The Morgan fingerprint density at radius 3 is 2.92 bits per heavy atom. The highest BCUT2D eigenvalue weighted by molar-refractivity contribution is 5.77. The van der Waals surface area contributed by atoms with Gasteiger partial charge < -0.3 is 14.0 Å². The van der Waals surface area contributed by atoms with Gasteiger partial charge in [0.2, 0.25) is 5.91 Å². The van der Waals surface area contributed by atoms with Crippen molar-refractivity contribution in [2.45, 2.75) is 65.5 Å². The molecule has 0 radical (unpaired) electrons. The lowest BCUT2D eigenvalue weighted by atomic mass is 10.1. The van der Waals surface area contributed by atoms with Gasteiger partial charge in [0, 0.05) is 37.5 Å². The molecule has 0 spiro atoms. The molecule has 0 aliphatic carbocycles. The van der Waals surface area contributed by atoms with Crippen molar-refractivity contribution in [3.8, 4) is 0 Å². The van der Waals surface area contributed by atoms with E-state index in [2.05, 4.69) is 21.6 Å². The summed E-state index contributed by atoms with van der Waals surface area (Å²) >= 11 is 0. The van der Waals surface area contributed by atoms with E-state index in [1.807, 2.05) is 31.1 Å². The Balaban J connectivity index is 1.75. The molecule has 3 rings (SSSR count). The Labute approximate surface area is 142 Å². The molecular weight excluding hydrogens is 304 g/mol. The van der Waals surface area contributed by atoms with Crippen LogP contribution in [0.15, 0.2) is 16.9 Å². The summed E-state index contributed by atoms with van der Waals surface area (Å²) in [7, 11) is 0. The third-order valence-electron chi connectivity index (χ3n) is 4.87. The van der Waals surface area contributed by atoms with Gasteiger partial charge in [-0.25, -0.2) is 4.98 Å². The van der Waals surface area contributed by atoms with E-state index in [-0.39, 0.29) is 11.9 Å². The smallest absolute Gasteiger partial charge is 0.223 e. The van der Waals surface area contributed by atoms with Crippen LogP contribution >= 0.6 is 0 Å². The zero-order valence-electron chi connectivity index (χ0n) is 14.8. The van der Waals surface area contributed by atoms with Gasteiger partial charge in [-0.3, -0.25) is 4.79 Å². The Hall–Kier alpha value is -2.11. The molecule has 2 aromatic rings. The van der Waals surface area contributed by atoms with E-state index in [9.17, 15) is 4.79 Å². The van der Waals surface area contributed by atoms with Crippen molar-refractivity contribution in [2.75, 3.05) is 6.54 Å². The van der Waals surface area contributed by atoms with E-state index >= 15 is 0 Å². The molecule has 24 heavy (non-hydrogen) atoms. The lowest BCUT2D eigenvalue weighted by molar-refractivity contribution is -0.133. The highest BCUT2D eigenvalue weighted by Crippen LogP contribution is 2.29. The molecule has 0 saturated carbocycles. The number of carbonyl (C=O) groups excluding carboxylic acids is 1. The average molecular weight is 330 g/mol. The zero-order valence-corrected chi connectivity index (χ0v) is 14.8. The van der Waals surface area contributed by atoms with Crippen LogP contribution in [0.25, 0.3) is 0 Å². The van der Waals surface area contributed by atoms with Gasteiger partial charge in [-0.15, -0.1) is 0 Å². The van der Waals surface area contributed by atoms with Crippen molar-refractivity contribution in [1.82, 2.24) is 19.6 Å². The molecule has 3 heterocycles. The standard InChI is InChI=1S/C18H26N4O2/c1-4-6-16-18-19-9-12-21(18)10-5-11-22(16)17(23)8-7-15-13(2)20-24-14(15)3/h9,12,16H,4-8,10-11H2,1-3H3. The Kier molecular flexibility index (Phi) is 5.02. The first-order valence-electron chi connectivity index (χ1n) is 8.84. The zero-order chi connectivity index (χ0) is 17.1. The normalized spacial score (nSPS) is 17.6. The van der Waals surface area contributed by atoms with Crippen LogP contribution < -0.4 is 0 Å².